The van der Waals surface area contributed by atoms with E-state index < -0.39 is 0 Å². The molecule has 0 aliphatic carbocycles. The van der Waals surface area contributed by atoms with Crippen molar-refractivity contribution in [3.05, 3.63) is 65.2 Å². The molecule has 5 nitrogen and oxygen atoms in total. The Morgan fingerprint density at radius 3 is 2.58 bits per heavy atom. The van der Waals surface area contributed by atoms with Gasteiger partial charge in [0.1, 0.15) is 5.84 Å². The fourth-order valence-corrected chi connectivity index (χ4v) is 3.00. The summed E-state index contributed by atoms with van der Waals surface area (Å²) in [7, 11) is 0. The monoisotopic (exact) mass is 349 g/mol. The molecule has 0 spiro atoms. The number of fused-ring (bicyclic) bond motifs is 1. The van der Waals surface area contributed by atoms with Gasteiger partial charge in [0.2, 0.25) is 5.91 Å². The number of carbonyl (C=O) groups excluding carboxylic acids is 2. The molecule has 0 radical (unpaired) electrons. The van der Waals surface area contributed by atoms with E-state index in [1.54, 1.807) is 6.07 Å². The maximum absolute atomic E-state index is 12.6. The van der Waals surface area contributed by atoms with Crippen molar-refractivity contribution in [2.75, 3.05) is 6.54 Å². The van der Waals surface area contributed by atoms with Crippen molar-refractivity contribution >= 4 is 23.2 Å². The average molecular weight is 349 g/mol. The summed E-state index contributed by atoms with van der Waals surface area (Å²) in [5.41, 5.74) is 8.53. The van der Waals surface area contributed by atoms with Crippen molar-refractivity contribution in [3.8, 4) is 0 Å². The van der Waals surface area contributed by atoms with Crippen LogP contribution in [-0.2, 0) is 11.2 Å². The molecule has 1 amide bonds. The first-order chi connectivity index (χ1) is 12.7. The summed E-state index contributed by atoms with van der Waals surface area (Å²) < 4.78 is 0. The second kappa shape index (κ2) is 8.54. The Balaban J connectivity index is 1.60. The number of amides is 1. The summed E-state index contributed by atoms with van der Waals surface area (Å²) in [4.78, 5) is 29.0. The Morgan fingerprint density at radius 1 is 1.00 bits per heavy atom. The number of nitrogens with one attached hydrogen (secondary N) is 1. The van der Waals surface area contributed by atoms with Gasteiger partial charge in [-0.15, -0.1) is 0 Å². The molecular formula is C21H23N3O2. The highest BCUT2D eigenvalue weighted by Crippen LogP contribution is 2.28. The van der Waals surface area contributed by atoms with Gasteiger partial charge in [0.25, 0.3) is 0 Å². The molecule has 5 heteroatoms. The number of hydrogen-bond donors (Lipinski definition) is 2. The largest absolute Gasteiger partial charge is 0.330 e. The first-order valence-electron chi connectivity index (χ1n) is 8.97. The van der Waals surface area contributed by atoms with Gasteiger partial charge >= 0.3 is 0 Å². The Kier molecular flexibility index (Phi) is 5.92. The van der Waals surface area contributed by atoms with Crippen LogP contribution >= 0.6 is 0 Å². The van der Waals surface area contributed by atoms with Crippen LogP contribution in [0.1, 0.15) is 47.2 Å². The zero-order valence-electron chi connectivity index (χ0n) is 14.7. The van der Waals surface area contributed by atoms with Crippen LogP contribution in [0.25, 0.3) is 0 Å². The third kappa shape index (κ3) is 4.43. The molecule has 0 unspecified atom stereocenters. The Hall–Kier alpha value is -2.79. The number of nitrogens with zero attached hydrogens (tertiary/aromatic N) is 1. The molecule has 3 N–H and O–H groups in total. The Morgan fingerprint density at radius 2 is 1.81 bits per heavy atom. The summed E-state index contributed by atoms with van der Waals surface area (Å²) in [6.07, 6.45) is 3.76. The molecule has 3 rings (SSSR count). The van der Waals surface area contributed by atoms with E-state index in [1.807, 2.05) is 42.5 Å². The molecule has 2 aromatic carbocycles. The lowest BCUT2D eigenvalue weighted by atomic mass is 10.00. The zero-order chi connectivity index (χ0) is 18.4. The number of aliphatic imine (C=N–C) groups is 1. The van der Waals surface area contributed by atoms with Crippen LogP contribution in [0.2, 0.25) is 0 Å². The van der Waals surface area contributed by atoms with Gasteiger partial charge in [-0.2, -0.15) is 0 Å². The van der Waals surface area contributed by atoms with E-state index in [0.717, 1.165) is 30.5 Å². The van der Waals surface area contributed by atoms with E-state index in [4.69, 9.17) is 5.73 Å². The van der Waals surface area contributed by atoms with Gasteiger partial charge in [-0.05, 0) is 43.1 Å². The molecule has 0 saturated carbocycles. The summed E-state index contributed by atoms with van der Waals surface area (Å²) in [6, 6.07) is 14.7. The first kappa shape index (κ1) is 18.0. The van der Waals surface area contributed by atoms with Gasteiger partial charge in [0.05, 0.1) is 5.69 Å². The van der Waals surface area contributed by atoms with Crippen LogP contribution in [0.4, 0.5) is 5.69 Å². The molecule has 0 aromatic heterocycles. The number of unbranched alkanes of at least 4 members (excludes halogenated alkanes) is 2. The predicted octanol–water partition coefficient (Wildman–Crippen LogP) is 3.14. The minimum Gasteiger partial charge on any atom is -0.330 e. The van der Waals surface area contributed by atoms with Crippen molar-refractivity contribution < 1.29 is 9.59 Å². The standard InChI is InChI=1S/C21H23N3O2/c22-12-6-2-5-9-20(25)24-19-14-17-13-16(10-11-18(17)23-19)21(26)15-7-3-1-4-8-15/h1,3-4,7-8,10-11,13H,2,5-6,9,12,14,22H2,(H,23,24,25). The third-order valence-electron chi connectivity index (χ3n) is 4.38. The van der Waals surface area contributed by atoms with Crippen LogP contribution in [0.5, 0.6) is 0 Å². The van der Waals surface area contributed by atoms with Crippen LogP contribution in [0.15, 0.2) is 53.5 Å². The lowest BCUT2D eigenvalue weighted by Gasteiger charge is -2.05. The van der Waals surface area contributed by atoms with Crippen molar-refractivity contribution in [3.63, 3.8) is 0 Å². The maximum Gasteiger partial charge on any atom is 0.225 e. The molecule has 1 aliphatic heterocycles. The van der Waals surface area contributed by atoms with Gasteiger partial charge in [-0.1, -0.05) is 36.8 Å². The smallest absolute Gasteiger partial charge is 0.225 e. The minimum absolute atomic E-state index is 0.00853. The molecule has 1 heterocycles. The minimum atomic E-state index is -0.0193. The fourth-order valence-electron chi connectivity index (χ4n) is 3.00. The highest BCUT2D eigenvalue weighted by atomic mass is 16.1. The highest BCUT2D eigenvalue weighted by Gasteiger charge is 2.19. The van der Waals surface area contributed by atoms with Crippen LogP contribution in [0.3, 0.4) is 0 Å². The molecule has 2 aromatic rings. The zero-order valence-corrected chi connectivity index (χ0v) is 14.7. The number of benzene rings is 2. The normalized spacial score (nSPS) is 12.4. The van der Waals surface area contributed by atoms with Crippen LogP contribution < -0.4 is 11.1 Å². The first-order valence-corrected chi connectivity index (χ1v) is 8.97. The highest BCUT2D eigenvalue weighted by molar-refractivity contribution is 6.10. The average Bonchev–Trinajstić information content (AvgIpc) is 3.06. The molecular weight excluding hydrogens is 326 g/mol. The number of rotatable bonds is 7. The quantitative estimate of drug-likeness (QED) is 0.595. The number of amidine groups is 1. The maximum atomic E-state index is 12.6. The van der Waals surface area contributed by atoms with E-state index >= 15 is 0 Å². The second-order valence-electron chi connectivity index (χ2n) is 6.42. The molecule has 0 atom stereocenters. The second-order valence-corrected chi connectivity index (χ2v) is 6.42. The van der Waals surface area contributed by atoms with Gasteiger partial charge in [0, 0.05) is 24.0 Å². The Labute approximate surface area is 153 Å². The van der Waals surface area contributed by atoms with E-state index in [9.17, 15) is 9.59 Å². The SMILES string of the molecule is NCCCCCC(=O)NC1=Nc2ccc(C(=O)c3ccccc3)cc2C1. The summed E-state index contributed by atoms with van der Waals surface area (Å²) in [5.74, 6) is 0.619. The number of nitrogens with two attached hydrogens (primary N) is 1. The van der Waals surface area contributed by atoms with Crippen LogP contribution in [0, 0.1) is 0 Å². The van der Waals surface area contributed by atoms with E-state index in [-0.39, 0.29) is 11.7 Å². The van der Waals surface area contributed by atoms with Gasteiger partial charge in [-0.25, -0.2) is 4.99 Å². The fraction of sp³-hybridized carbons (Fsp3) is 0.286. The van der Waals surface area contributed by atoms with Crippen LogP contribution in [-0.4, -0.2) is 24.1 Å². The molecule has 0 fully saturated rings. The lowest BCUT2D eigenvalue weighted by molar-refractivity contribution is -0.119. The summed E-state index contributed by atoms with van der Waals surface area (Å²) in [6.45, 7) is 0.660. The van der Waals surface area contributed by atoms with E-state index in [0.29, 0.717) is 36.3 Å². The van der Waals surface area contributed by atoms with Crippen molar-refractivity contribution in [1.82, 2.24) is 5.32 Å². The molecule has 0 bridgehead atoms. The topological polar surface area (TPSA) is 84.6 Å². The number of ketones is 1. The predicted molar refractivity (Wildman–Crippen MR) is 103 cm³/mol. The van der Waals surface area contributed by atoms with E-state index in [2.05, 4.69) is 10.3 Å². The van der Waals surface area contributed by atoms with Gasteiger partial charge in [0.15, 0.2) is 5.78 Å². The van der Waals surface area contributed by atoms with Gasteiger partial charge in [-0.3, -0.25) is 9.59 Å². The molecule has 1 aliphatic rings. The summed E-state index contributed by atoms with van der Waals surface area (Å²) in [5, 5.41) is 2.88. The molecule has 26 heavy (non-hydrogen) atoms. The third-order valence-corrected chi connectivity index (χ3v) is 4.38. The van der Waals surface area contributed by atoms with Crippen molar-refractivity contribution in [1.29, 1.82) is 0 Å². The van der Waals surface area contributed by atoms with Crippen molar-refractivity contribution in [2.24, 2.45) is 10.7 Å². The molecule has 134 valence electrons. The number of carbonyl (C=O) groups is 2. The molecule has 0 saturated heterocycles. The lowest BCUT2D eigenvalue weighted by Crippen LogP contribution is -2.30. The summed E-state index contributed by atoms with van der Waals surface area (Å²) >= 11 is 0. The Bertz CT molecular complexity index is 828. The van der Waals surface area contributed by atoms with E-state index in [1.165, 1.54) is 0 Å². The number of hydrogen-bond acceptors (Lipinski definition) is 4. The van der Waals surface area contributed by atoms with Crippen molar-refractivity contribution in [2.45, 2.75) is 32.1 Å². The van der Waals surface area contributed by atoms with Gasteiger partial charge < -0.3 is 11.1 Å².